The van der Waals surface area contributed by atoms with Gasteiger partial charge in [-0.2, -0.15) is 0 Å². The molecule has 0 aliphatic carbocycles. The van der Waals surface area contributed by atoms with Crippen molar-refractivity contribution in [3.05, 3.63) is 82.0 Å². The van der Waals surface area contributed by atoms with E-state index in [1.807, 2.05) is 54.6 Å². The van der Waals surface area contributed by atoms with Gasteiger partial charge in [0.1, 0.15) is 10.6 Å². The first kappa shape index (κ1) is 19.3. The lowest BCUT2D eigenvalue weighted by Crippen LogP contribution is -2.22. The number of methoxy groups -OCH3 is 1. The number of fused-ring (bicyclic) bond motifs is 2. The average Bonchev–Trinajstić information content (AvgIpc) is 3.18. The molecule has 1 aliphatic rings. The SMILES string of the molecule is COc1ccc(-c2c(C(=O)O)sc3c2NC(=O)CC3c2cccc3ccccc23)cc1. The molecule has 31 heavy (non-hydrogen) atoms. The van der Waals surface area contributed by atoms with Crippen LogP contribution in [0.4, 0.5) is 5.69 Å². The second-order valence-corrected chi connectivity index (χ2v) is 8.50. The van der Waals surface area contributed by atoms with Gasteiger partial charge in [-0.15, -0.1) is 11.3 Å². The van der Waals surface area contributed by atoms with Gasteiger partial charge in [-0.25, -0.2) is 4.79 Å². The number of thiophene rings is 1. The van der Waals surface area contributed by atoms with Crippen molar-refractivity contribution in [3.63, 3.8) is 0 Å². The minimum Gasteiger partial charge on any atom is -0.497 e. The van der Waals surface area contributed by atoms with Gasteiger partial charge in [0, 0.05) is 22.8 Å². The molecule has 2 N–H and O–H groups in total. The molecule has 1 aliphatic heterocycles. The van der Waals surface area contributed by atoms with Crippen LogP contribution in [0.1, 0.15) is 32.5 Å². The average molecular weight is 429 g/mol. The highest BCUT2D eigenvalue weighted by Crippen LogP contribution is 2.50. The number of carboxylic acid groups (broad SMARTS) is 1. The highest BCUT2D eigenvalue weighted by atomic mass is 32.1. The Hall–Kier alpha value is -3.64. The monoisotopic (exact) mass is 429 g/mol. The van der Waals surface area contributed by atoms with Crippen molar-refractivity contribution in [2.24, 2.45) is 0 Å². The molecule has 0 spiro atoms. The summed E-state index contributed by atoms with van der Waals surface area (Å²) in [6.07, 6.45) is 0.280. The number of hydrogen-bond donors (Lipinski definition) is 2. The smallest absolute Gasteiger partial charge is 0.346 e. The predicted molar refractivity (Wildman–Crippen MR) is 122 cm³/mol. The summed E-state index contributed by atoms with van der Waals surface area (Å²) in [5.41, 5.74) is 2.92. The Labute approximate surface area is 182 Å². The van der Waals surface area contributed by atoms with E-state index in [0.717, 1.165) is 26.8 Å². The molecule has 0 fully saturated rings. The van der Waals surface area contributed by atoms with Crippen molar-refractivity contribution in [2.75, 3.05) is 12.4 Å². The number of carbonyl (C=O) groups excluding carboxylic acids is 1. The van der Waals surface area contributed by atoms with Gasteiger partial charge in [0.05, 0.1) is 12.8 Å². The molecule has 1 unspecified atom stereocenters. The number of nitrogens with one attached hydrogen (secondary N) is 1. The maximum absolute atomic E-state index is 12.7. The van der Waals surface area contributed by atoms with E-state index in [4.69, 9.17) is 4.74 Å². The molecule has 1 amide bonds. The maximum Gasteiger partial charge on any atom is 0.346 e. The van der Waals surface area contributed by atoms with Crippen LogP contribution in [0.25, 0.3) is 21.9 Å². The molecule has 0 saturated carbocycles. The predicted octanol–water partition coefficient (Wildman–Crippen LogP) is 5.75. The topological polar surface area (TPSA) is 75.6 Å². The van der Waals surface area contributed by atoms with E-state index in [0.29, 0.717) is 17.0 Å². The highest BCUT2D eigenvalue weighted by Gasteiger charge is 2.35. The summed E-state index contributed by atoms with van der Waals surface area (Å²) in [7, 11) is 1.58. The molecule has 3 aromatic carbocycles. The summed E-state index contributed by atoms with van der Waals surface area (Å²) in [6.45, 7) is 0. The van der Waals surface area contributed by atoms with Crippen LogP contribution in [-0.4, -0.2) is 24.1 Å². The Kier molecular flexibility index (Phi) is 4.71. The van der Waals surface area contributed by atoms with Crippen LogP contribution in [0.3, 0.4) is 0 Å². The number of benzene rings is 3. The first-order valence-electron chi connectivity index (χ1n) is 9.88. The quantitative estimate of drug-likeness (QED) is 0.433. The number of anilines is 1. The molecule has 154 valence electrons. The molecule has 6 heteroatoms. The Morgan fingerprint density at radius 1 is 1.06 bits per heavy atom. The largest absolute Gasteiger partial charge is 0.497 e. The summed E-state index contributed by atoms with van der Waals surface area (Å²) in [5, 5.41) is 15.1. The number of hydrogen-bond acceptors (Lipinski definition) is 4. The van der Waals surface area contributed by atoms with E-state index < -0.39 is 5.97 Å². The number of aromatic carboxylic acids is 1. The van der Waals surface area contributed by atoms with Gasteiger partial charge in [-0.05, 0) is 34.0 Å². The molecule has 0 saturated heterocycles. The normalized spacial score (nSPS) is 15.4. The van der Waals surface area contributed by atoms with Crippen molar-refractivity contribution in [3.8, 4) is 16.9 Å². The van der Waals surface area contributed by atoms with Gasteiger partial charge >= 0.3 is 5.97 Å². The number of rotatable bonds is 4. The Morgan fingerprint density at radius 2 is 1.81 bits per heavy atom. The number of ether oxygens (including phenoxy) is 1. The van der Waals surface area contributed by atoms with E-state index in [9.17, 15) is 14.7 Å². The zero-order valence-corrected chi connectivity index (χ0v) is 17.5. The third-order valence-corrected chi connectivity index (χ3v) is 6.97. The molecule has 4 aromatic rings. The molecule has 1 aromatic heterocycles. The van der Waals surface area contributed by atoms with Crippen LogP contribution in [0.15, 0.2) is 66.7 Å². The van der Waals surface area contributed by atoms with Crippen LogP contribution >= 0.6 is 11.3 Å². The Morgan fingerprint density at radius 3 is 2.55 bits per heavy atom. The fraction of sp³-hybridized carbons (Fsp3) is 0.120. The molecular weight excluding hydrogens is 410 g/mol. The lowest BCUT2D eigenvalue weighted by molar-refractivity contribution is -0.116. The van der Waals surface area contributed by atoms with Crippen LogP contribution in [0, 0.1) is 0 Å². The lowest BCUT2D eigenvalue weighted by Gasteiger charge is -2.25. The molecule has 1 atom stereocenters. The number of carbonyl (C=O) groups is 2. The van der Waals surface area contributed by atoms with Gasteiger partial charge in [0.25, 0.3) is 0 Å². The first-order chi connectivity index (χ1) is 15.1. The van der Waals surface area contributed by atoms with E-state index >= 15 is 0 Å². The van der Waals surface area contributed by atoms with Gasteiger partial charge in [0.15, 0.2) is 0 Å². The second kappa shape index (κ2) is 7.56. The van der Waals surface area contributed by atoms with Crippen LogP contribution in [0.2, 0.25) is 0 Å². The summed E-state index contributed by atoms with van der Waals surface area (Å²) in [4.78, 5) is 26.0. The van der Waals surface area contributed by atoms with Crippen molar-refractivity contribution in [1.82, 2.24) is 0 Å². The fourth-order valence-corrected chi connectivity index (χ4v) is 5.51. The summed E-state index contributed by atoms with van der Waals surface area (Å²) < 4.78 is 5.23. The molecule has 2 heterocycles. The molecule has 0 bridgehead atoms. The lowest BCUT2D eigenvalue weighted by atomic mass is 9.86. The zero-order chi connectivity index (χ0) is 21.5. The fourth-order valence-electron chi connectivity index (χ4n) is 4.28. The maximum atomic E-state index is 12.7. The van der Waals surface area contributed by atoms with E-state index in [2.05, 4.69) is 5.32 Å². The van der Waals surface area contributed by atoms with E-state index in [1.54, 1.807) is 19.2 Å². The van der Waals surface area contributed by atoms with Crippen LogP contribution in [-0.2, 0) is 4.79 Å². The van der Waals surface area contributed by atoms with Gasteiger partial charge < -0.3 is 15.2 Å². The third kappa shape index (κ3) is 3.25. The number of amides is 1. The first-order valence-corrected chi connectivity index (χ1v) is 10.7. The van der Waals surface area contributed by atoms with Crippen molar-refractivity contribution in [2.45, 2.75) is 12.3 Å². The van der Waals surface area contributed by atoms with Gasteiger partial charge in [-0.3, -0.25) is 4.79 Å². The van der Waals surface area contributed by atoms with Gasteiger partial charge in [0.2, 0.25) is 5.91 Å². The van der Waals surface area contributed by atoms with Crippen LogP contribution < -0.4 is 10.1 Å². The molecule has 5 rings (SSSR count). The second-order valence-electron chi connectivity index (χ2n) is 7.45. The van der Waals surface area contributed by atoms with Crippen molar-refractivity contribution < 1.29 is 19.4 Å². The van der Waals surface area contributed by atoms with Crippen molar-refractivity contribution >= 4 is 39.7 Å². The Balaban J connectivity index is 1.73. The van der Waals surface area contributed by atoms with E-state index in [-0.39, 0.29) is 23.1 Å². The Bertz CT molecular complexity index is 1320. The third-order valence-electron chi connectivity index (χ3n) is 5.68. The standard InChI is InChI=1S/C25H19NO4S/c1-30-16-11-9-15(10-12-16)21-22-23(31-24(21)25(28)29)19(13-20(27)26-22)18-8-4-6-14-5-2-3-7-17(14)18/h2-12,19H,13H2,1H3,(H,26,27)(H,28,29). The summed E-state index contributed by atoms with van der Waals surface area (Å²) in [6, 6.07) is 21.3. The van der Waals surface area contributed by atoms with Gasteiger partial charge in [-0.1, -0.05) is 54.6 Å². The molecule has 0 radical (unpaired) electrons. The highest BCUT2D eigenvalue weighted by molar-refractivity contribution is 7.15. The van der Waals surface area contributed by atoms with Crippen molar-refractivity contribution in [1.29, 1.82) is 0 Å². The zero-order valence-electron chi connectivity index (χ0n) is 16.7. The minimum absolute atomic E-state index is 0.116. The summed E-state index contributed by atoms with van der Waals surface area (Å²) >= 11 is 1.24. The number of carboxylic acids is 1. The summed E-state index contributed by atoms with van der Waals surface area (Å²) in [5.74, 6) is -0.640. The van der Waals surface area contributed by atoms with E-state index in [1.165, 1.54) is 11.3 Å². The molecular formula is C25H19NO4S. The molecule has 5 nitrogen and oxygen atoms in total. The minimum atomic E-state index is -1.00. The van der Waals surface area contributed by atoms with Crippen LogP contribution in [0.5, 0.6) is 5.75 Å².